The van der Waals surface area contributed by atoms with Crippen molar-refractivity contribution in [1.82, 2.24) is 9.97 Å². The molecule has 0 spiro atoms. The Kier molecular flexibility index (Phi) is 5.02. The SMILES string of the molecule is Cc1nc(C=O)c[nH]1.Clc1ccccc1Cl. The molecule has 3 nitrogen and oxygen atoms in total. The van der Waals surface area contributed by atoms with Gasteiger partial charge in [-0.1, -0.05) is 35.3 Å². The van der Waals surface area contributed by atoms with Crippen LogP contribution >= 0.6 is 23.2 Å². The number of nitrogens with one attached hydrogen (secondary N) is 1. The van der Waals surface area contributed by atoms with Crippen LogP contribution < -0.4 is 0 Å². The number of nitrogens with zero attached hydrogens (tertiary/aromatic N) is 1. The van der Waals surface area contributed by atoms with E-state index >= 15 is 0 Å². The van der Waals surface area contributed by atoms with Gasteiger partial charge in [0.2, 0.25) is 0 Å². The van der Waals surface area contributed by atoms with Crippen LogP contribution in [-0.2, 0) is 0 Å². The van der Waals surface area contributed by atoms with Crippen LogP contribution in [0.2, 0.25) is 10.0 Å². The second-order valence-electron chi connectivity index (χ2n) is 2.94. The molecule has 2 rings (SSSR count). The summed E-state index contributed by atoms with van der Waals surface area (Å²) in [5.41, 5.74) is 0.461. The van der Waals surface area contributed by atoms with Crippen LogP contribution in [0.15, 0.2) is 30.5 Å². The molecule has 0 radical (unpaired) electrons. The van der Waals surface area contributed by atoms with Gasteiger partial charge in [-0.05, 0) is 19.1 Å². The molecule has 0 amide bonds. The number of carbonyl (C=O) groups excluding carboxylic acids is 1. The molecule has 0 saturated carbocycles. The standard InChI is InChI=1S/C6H4Cl2.C5H6N2O/c7-5-3-1-2-4-6(5)8;1-4-6-2-5(3-8)7-4/h1-4H;2-3H,1H3,(H,6,7). The lowest BCUT2D eigenvalue weighted by molar-refractivity contribution is 0.111. The molecule has 0 bridgehead atoms. The highest BCUT2D eigenvalue weighted by Gasteiger charge is 1.90. The van der Waals surface area contributed by atoms with Gasteiger partial charge < -0.3 is 4.98 Å². The van der Waals surface area contributed by atoms with Crippen molar-refractivity contribution in [2.75, 3.05) is 0 Å². The predicted molar refractivity (Wildman–Crippen MR) is 65.2 cm³/mol. The van der Waals surface area contributed by atoms with E-state index < -0.39 is 0 Å². The Labute approximate surface area is 103 Å². The second kappa shape index (κ2) is 6.30. The fourth-order valence-electron chi connectivity index (χ4n) is 0.936. The minimum Gasteiger partial charge on any atom is -0.348 e. The highest BCUT2D eigenvalue weighted by Crippen LogP contribution is 2.19. The lowest BCUT2D eigenvalue weighted by Gasteiger charge is -1.88. The van der Waals surface area contributed by atoms with Gasteiger partial charge in [0.1, 0.15) is 11.5 Å². The molecule has 0 atom stereocenters. The minimum absolute atomic E-state index is 0.461. The highest BCUT2D eigenvalue weighted by atomic mass is 35.5. The lowest BCUT2D eigenvalue weighted by atomic mass is 10.4. The van der Waals surface area contributed by atoms with Crippen LogP contribution in [0.1, 0.15) is 16.3 Å². The van der Waals surface area contributed by atoms with E-state index in [4.69, 9.17) is 23.2 Å². The lowest BCUT2D eigenvalue weighted by Crippen LogP contribution is -1.76. The van der Waals surface area contributed by atoms with Crippen molar-refractivity contribution in [3.63, 3.8) is 0 Å². The fraction of sp³-hybridized carbons (Fsp3) is 0.0909. The van der Waals surface area contributed by atoms with Crippen molar-refractivity contribution in [3.05, 3.63) is 52.0 Å². The highest BCUT2D eigenvalue weighted by molar-refractivity contribution is 6.41. The first-order valence-corrected chi connectivity index (χ1v) is 5.26. The van der Waals surface area contributed by atoms with Crippen LogP contribution in [0.3, 0.4) is 0 Å². The number of hydrogen-bond donors (Lipinski definition) is 1. The van der Waals surface area contributed by atoms with E-state index in [1.54, 1.807) is 25.3 Å². The maximum Gasteiger partial charge on any atom is 0.169 e. The molecule has 2 aromatic rings. The second-order valence-corrected chi connectivity index (χ2v) is 3.76. The largest absolute Gasteiger partial charge is 0.348 e. The number of aromatic nitrogens is 2. The van der Waals surface area contributed by atoms with Gasteiger partial charge >= 0.3 is 0 Å². The Morgan fingerprint density at radius 3 is 2.06 bits per heavy atom. The van der Waals surface area contributed by atoms with Crippen molar-refractivity contribution < 1.29 is 4.79 Å². The first-order chi connectivity index (χ1) is 7.63. The number of hydrogen-bond acceptors (Lipinski definition) is 2. The minimum atomic E-state index is 0.461. The summed E-state index contributed by atoms with van der Waals surface area (Å²) in [5, 5.41) is 1.21. The molecule has 1 heterocycles. The molecule has 1 aromatic carbocycles. The quantitative estimate of drug-likeness (QED) is 0.794. The number of H-pyrrole nitrogens is 1. The molecule has 1 N–H and O–H groups in total. The summed E-state index contributed by atoms with van der Waals surface area (Å²) in [4.78, 5) is 16.5. The van der Waals surface area contributed by atoms with Gasteiger partial charge in [-0.15, -0.1) is 0 Å². The molecule has 0 saturated heterocycles. The van der Waals surface area contributed by atoms with Crippen LogP contribution in [0.4, 0.5) is 0 Å². The van der Waals surface area contributed by atoms with Gasteiger partial charge in [0.25, 0.3) is 0 Å². The average molecular weight is 257 g/mol. The van der Waals surface area contributed by atoms with Crippen molar-refractivity contribution >= 4 is 29.5 Å². The van der Waals surface area contributed by atoms with Crippen LogP contribution in [-0.4, -0.2) is 16.3 Å². The summed E-state index contributed by atoms with van der Waals surface area (Å²) in [6.45, 7) is 1.80. The number of aldehydes is 1. The molecule has 0 aliphatic carbocycles. The van der Waals surface area contributed by atoms with Gasteiger partial charge in [0.05, 0.1) is 10.0 Å². The number of carbonyl (C=O) groups is 1. The topological polar surface area (TPSA) is 45.8 Å². The average Bonchev–Trinajstić information content (AvgIpc) is 2.70. The summed E-state index contributed by atoms with van der Waals surface area (Å²) < 4.78 is 0. The van der Waals surface area contributed by atoms with E-state index in [0.717, 1.165) is 5.82 Å². The Morgan fingerprint density at radius 1 is 1.25 bits per heavy atom. The molecule has 0 aliphatic rings. The molecule has 0 aliphatic heterocycles. The zero-order chi connectivity index (χ0) is 12.0. The van der Waals surface area contributed by atoms with E-state index in [1.807, 2.05) is 12.1 Å². The molecule has 1 aromatic heterocycles. The fourth-order valence-corrected chi connectivity index (χ4v) is 1.21. The summed E-state index contributed by atoms with van der Waals surface area (Å²) in [7, 11) is 0. The number of aromatic amines is 1. The van der Waals surface area contributed by atoms with Gasteiger partial charge in [0.15, 0.2) is 6.29 Å². The Hall–Kier alpha value is -1.32. The van der Waals surface area contributed by atoms with E-state index in [0.29, 0.717) is 22.0 Å². The Balaban J connectivity index is 0.000000160. The van der Waals surface area contributed by atoms with Crippen LogP contribution in [0, 0.1) is 6.92 Å². The van der Waals surface area contributed by atoms with E-state index in [1.165, 1.54) is 0 Å². The molecule has 0 fully saturated rings. The number of imidazole rings is 1. The van der Waals surface area contributed by atoms with Crippen molar-refractivity contribution in [1.29, 1.82) is 0 Å². The van der Waals surface area contributed by atoms with Gasteiger partial charge in [0, 0.05) is 6.20 Å². The summed E-state index contributed by atoms with van der Waals surface area (Å²) in [6.07, 6.45) is 2.28. The van der Waals surface area contributed by atoms with E-state index in [-0.39, 0.29) is 0 Å². The maximum atomic E-state index is 9.94. The van der Waals surface area contributed by atoms with Gasteiger partial charge in [-0.3, -0.25) is 4.79 Å². The predicted octanol–water partition coefficient (Wildman–Crippen LogP) is 3.52. The summed E-state index contributed by atoms with van der Waals surface area (Å²) in [5.74, 6) is 0.770. The summed E-state index contributed by atoms with van der Waals surface area (Å²) in [6, 6.07) is 7.19. The Morgan fingerprint density at radius 2 is 1.81 bits per heavy atom. The molecule has 16 heavy (non-hydrogen) atoms. The zero-order valence-corrected chi connectivity index (χ0v) is 10.1. The zero-order valence-electron chi connectivity index (χ0n) is 8.58. The number of aryl methyl sites for hydroxylation is 1. The summed E-state index contributed by atoms with van der Waals surface area (Å²) >= 11 is 11.2. The Bertz CT molecular complexity index is 448. The molecular formula is C11H10Cl2N2O. The molecular weight excluding hydrogens is 247 g/mol. The van der Waals surface area contributed by atoms with Crippen molar-refractivity contribution in [2.45, 2.75) is 6.92 Å². The van der Waals surface area contributed by atoms with Gasteiger partial charge in [-0.2, -0.15) is 0 Å². The monoisotopic (exact) mass is 256 g/mol. The first kappa shape index (κ1) is 12.7. The maximum absolute atomic E-state index is 9.94. The van der Waals surface area contributed by atoms with Crippen LogP contribution in [0.25, 0.3) is 0 Å². The third kappa shape index (κ3) is 4.04. The van der Waals surface area contributed by atoms with E-state index in [2.05, 4.69) is 9.97 Å². The smallest absolute Gasteiger partial charge is 0.169 e. The molecule has 84 valence electrons. The number of rotatable bonds is 1. The third-order valence-electron chi connectivity index (χ3n) is 1.67. The van der Waals surface area contributed by atoms with E-state index in [9.17, 15) is 4.79 Å². The molecule has 0 unspecified atom stereocenters. The van der Waals surface area contributed by atoms with Crippen LogP contribution in [0.5, 0.6) is 0 Å². The van der Waals surface area contributed by atoms with Crippen molar-refractivity contribution in [3.8, 4) is 0 Å². The normalized spacial score (nSPS) is 9.19. The van der Waals surface area contributed by atoms with Crippen molar-refractivity contribution in [2.24, 2.45) is 0 Å². The molecule has 5 heteroatoms. The number of halogens is 2. The third-order valence-corrected chi connectivity index (χ3v) is 2.43. The number of benzene rings is 1. The van der Waals surface area contributed by atoms with Gasteiger partial charge in [-0.25, -0.2) is 4.98 Å². The first-order valence-electron chi connectivity index (χ1n) is 4.50.